The zero-order valence-electron chi connectivity index (χ0n) is 12.8. The summed E-state index contributed by atoms with van der Waals surface area (Å²) >= 11 is 3.09. The quantitative estimate of drug-likeness (QED) is 0.609. The van der Waals surface area contributed by atoms with Gasteiger partial charge in [0.15, 0.2) is 0 Å². The van der Waals surface area contributed by atoms with Crippen LogP contribution in [0.5, 0.6) is 0 Å². The number of rotatable bonds is 6. The Balaban J connectivity index is 2.63. The van der Waals surface area contributed by atoms with Gasteiger partial charge in [-0.25, -0.2) is 17.8 Å². The molecular weight excluding hydrogens is 432 g/mol. The topological polar surface area (TPSA) is 127 Å². The van der Waals surface area contributed by atoms with Crippen molar-refractivity contribution in [3.05, 3.63) is 52.5 Å². The highest BCUT2D eigenvalue weighted by Crippen LogP contribution is 2.29. The maximum absolute atomic E-state index is 12.8. The van der Waals surface area contributed by atoms with Crippen molar-refractivity contribution in [2.24, 2.45) is 5.14 Å². The van der Waals surface area contributed by atoms with Gasteiger partial charge in [-0.15, -0.1) is 0 Å². The number of hydrogen-bond acceptors (Lipinski definition) is 5. The second kappa shape index (κ2) is 8.19. The Morgan fingerprint density at radius 2 is 1.88 bits per heavy atom. The van der Waals surface area contributed by atoms with Gasteiger partial charge in [-0.05, 0) is 40.2 Å². The number of carbonyl (C=O) groups is 1. The smallest absolute Gasteiger partial charge is 0.252 e. The third kappa shape index (κ3) is 4.73. The van der Waals surface area contributed by atoms with Crippen LogP contribution in [0.4, 0.5) is 0 Å². The van der Waals surface area contributed by atoms with Crippen LogP contribution in [0.2, 0.25) is 0 Å². The van der Waals surface area contributed by atoms with Crippen LogP contribution in [0.15, 0.2) is 61.6 Å². The van der Waals surface area contributed by atoms with Crippen LogP contribution >= 0.6 is 15.9 Å². The molecule has 0 radical (unpaired) electrons. The number of nitrogens with one attached hydrogen (secondary N) is 1. The first-order valence-corrected chi connectivity index (χ1v) is 10.5. The summed E-state index contributed by atoms with van der Waals surface area (Å²) < 4.78 is 36.3. The van der Waals surface area contributed by atoms with Gasteiger partial charge >= 0.3 is 0 Å². The van der Waals surface area contributed by atoms with E-state index in [1.54, 1.807) is 30.3 Å². The molecule has 0 aliphatic carbocycles. The zero-order chi connectivity index (χ0) is 18.6. The number of primary sulfonamides is 1. The van der Waals surface area contributed by atoms with Crippen molar-refractivity contribution in [1.82, 2.24) is 5.32 Å². The fourth-order valence-electron chi connectivity index (χ4n) is 2.02. The van der Waals surface area contributed by atoms with Gasteiger partial charge in [0, 0.05) is 15.9 Å². The molecule has 2 rings (SSSR count). The summed E-state index contributed by atoms with van der Waals surface area (Å²) in [6.07, 6.45) is 0. The minimum Gasteiger partial charge on any atom is -0.395 e. The summed E-state index contributed by atoms with van der Waals surface area (Å²) in [4.78, 5) is 12.6. The minimum absolute atomic E-state index is 0.0307. The summed E-state index contributed by atoms with van der Waals surface area (Å²) in [7, 11) is -5.81. The van der Waals surface area contributed by atoms with Crippen LogP contribution in [-0.4, -0.2) is 36.8 Å². The predicted octanol–water partition coefficient (Wildman–Crippen LogP) is 0.985. The molecule has 0 fully saturated rings. The second-order valence-electron chi connectivity index (χ2n) is 4.89. The van der Waals surface area contributed by atoms with Crippen LogP contribution < -0.4 is 10.5 Å². The van der Waals surface area contributed by atoms with Crippen molar-refractivity contribution >= 4 is 42.7 Å². The van der Waals surface area contributed by atoms with Crippen molar-refractivity contribution < 1.29 is 22.5 Å². The average molecular weight is 447 g/mol. The number of halogens is 1. The number of hydrogen-bond donors (Lipinski definition) is 3. The van der Waals surface area contributed by atoms with Crippen LogP contribution in [-0.2, 0) is 20.8 Å². The van der Waals surface area contributed by atoms with Gasteiger partial charge in [-0.2, -0.15) is 0 Å². The average Bonchev–Trinajstić information content (AvgIpc) is 2.58. The van der Waals surface area contributed by atoms with Crippen LogP contribution in [0, 0.1) is 0 Å². The van der Waals surface area contributed by atoms with Gasteiger partial charge in [-0.1, -0.05) is 18.2 Å². The van der Waals surface area contributed by atoms with Gasteiger partial charge in [0.05, 0.1) is 32.8 Å². The van der Waals surface area contributed by atoms with Crippen LogP contribution in [0.1, 0.15) is 10.4 Å². The number of aliphatic hydroxyl groups excluding tert-OH is 1. The van der Waals surface area contributed by atoms with Crippen molar-refractivity contribution in [2.75, 3.05) is 13.2 Å². The van der Waals surface area contributed by atoms with Crippen molar-refractivity contribution in [1.29, 1.82) is 0 Å². The maximum atomic E-state index is 12.8. The lowest BCUT2D eigenvalue weighted by molar-refractivity contribution is 0.0941. The highest BCUT2D eigenvalue weighted by Gasteiger charge is 2.23. The normalized spacial score (nSPS) is 12.6. The minimum atomic E-state index is -4.09. The van der Waals surface area contributed by atoms with Crippen molar-refractivity contribution in [3.63, 3.8) is 0 Å². The third-order valence-corrected chi connectivity index (χ3v) is 6.45. The van der Waals surface area contributed by atoms with Crippen molar-refractivity contribution in [3.8, 4) is 0 Å². The Labute approximate surface area is 155 Å². The summed E-state index contributed by atoms with van der Waals surface area (Å²) in [5, 5.41) is 16.4. The van der Waals surface area contributed by atoms with E-state index >= 15 is 0 Å². The Morgan fingerprint density at radius 3 is 2.44 bits per heavy atom. The van der Waals surface area contributed by atoms with Gasteiger partial charge in [-0.3, -0.25) is 4.79 Å². The van der Waals surface area contributed by atoms with Gasteiger partial charge < -0.3 is 10.4 Å². The standard InChI is InChI=1S/C15H15BrN2O5S2/c16-12-9-13(24(21)10-4-2-1-3-5-10)11(15(20)18-6-7-19)8-14(12)25(17,22)23/h1-5,8-9,19H,6-7H2,(H,18,20)(H2,17,22,23). The molecule has 0 spiro atoms. The molecule has 25 heavy (non-hydrogen) atoms. The molecule has 10 heteroatoms. The lowest BCUT2D eigenvalue weighted by atomic mass is 10.2. The van der Waals surface area contributed by atoms with E-state index in [4.69, 9.17) is 10.2 Å². The second-order valence-corrected chi connectivity index (χ2v) is 8.72. The van der Waals surface area contributed by atoms with E-state index in [2.05, 4.69) is 21.2 Å². The van der Waals surface area contributed by atoms with E-state index in [-0.39, 0.29) is 33.0 Å². The third-order valence-electron chi connectivity index (χ3n) is 3.14. The predicted molar refractivity (Wildman–Crippen MR) is 96.1 cm³/mol. The molecule has 0 heterocycles. The van der Waals surface area contributed by atoms with E-state index in [0.717, 1.165) is 6.07 Å². The first-order chi connectivity index (χ1) is 11.8. The van der Waals surface area contributed by atoms with Crippen LogP contribution in [0.3, 0.4) is 0 Å². The summed E-state index contributed by atoms with van der Waals surface area (Å²) in [5.41, 5.74) is -0.0946. The first-order valence-electron chi connectivity index (χ1n) is 6.98. The molecule has 4 N–H and O–H groups in total. The summed E-state index contributed by atoms with van der Waals surface area (Å²) in [6, 6.07) is 10.8. The van der Waals surface area contributed by atoms with E-state index in [1.165, 1.54) is 6.07 Å². The summed E-state index contributed by atoms with van der Waals surface area (Å²) in [6.45, 7) is -0.321. The molecule has 1 atom stereocenters. The Bertz CT molecular complexity index is 917. The molecule has 0 saturated carbocycles. The van der Waals surface area contributed by atoms with Crippen LogP contribution in [0.25, 0.3) is 0 Å². The SMILES string of the molecule is NS(=O)(=O)c1cc(C(=O)NCCO)c(S(=O)c2ccccc2)cc1Br. The van der Waals surface area contributed by atoms with E-state index in [1.807, 2.05) is 0 Å². The molecule has 0 saturated heterocycles. The van der Waals surface area contributed by atoms with Gasteiger partial charge in [0.25, 0.3) is 5.91 Å². The van der Waals surface area contributed by atoms with Gasteiger partial charge in [0.2, 0.25) is 10.0 Å². The zero-order valence-corrected chi connectivity index (χ0v) is 16.0. The highest BCUT2D eigenvalue weighted by atomic mass is 79.9. The lowest BCUT2D eigenvalue weighted by Gasteiger charge is -2.13. The molecule has 7 nitrogen and oxygen atoms in total. The largest absolute Gasteiger partial charge is 0.395 e. The highest BCUT2D eigenvalue weighted by molar-refractivity contribution is 9.10. The molecule has 2 aromatic rings. The first kappa shape index (κ1) is 19.7. The molecule has 0 aliphatic rings. The number of sulfonamides is 1. The molecular formula is C15H15BrN2O5S2. The van der Waals surface area contributed by atoms with Crippen molar-refractivity contribution in [2.45, 2.75) is 14.7 Å². The number of nitrogens with two attached hydrogens (primary N) is 1. The van der Waals surface area contributed by atoms with Gasteiger partial charge in [0.1, 0.15) is 0 Å². The monoisotopic (exact) mass is 446 g/mol. The number of benzene rings is 2. The molecule has 0 bridgehead atoms. The Morgan fingerprint density at radius 1 is 1.24 bits per heavy atom. The fourth-order valence-corrected chi connectivity index (χ4v) is 5.04. The summed E-state index contributed by atoms with van der Waals surface area (Å²) in [5.74, 6) is -0.661. The maximum Gasteiger partial charge on any atom is 0.252 e. The molecule has 2 aromatic carbocycles. The molecule has 0 aromatic heterocycles. The van der Waals surface area contributed by atoms with E-state index < -0.39 is 26.7 Å². The molecule has 1 unspecified atom stereocenters. The molecule has 1 amide bonds. The fraction of sp³-hybridized carbons (Fsp3) is 0.133. The Kier molecular flexibility index (Phi) is 6.47. The Hall–Kier alpha value is -1.59. The molecule has 134 valence electrons. The van der Waals surface area contributed by atoms with E-state index in [0.29, 0.717) is 4.90 Å². The number of carbonyl (C=O) groups excluding carboxylic acids is 1. The number of amides is 1. The molecule has 0 aliphatic heterocycles. The lowest BCUT2D eigenvalue weighted by Crippen LogP contribution is -2.28. The number of aliphatic hydroxyl groups is 1. The van der Waals surface area contributed by atoms with E-state index in [9.17, 15) is 17.4 Å².